The van der Waals surface area contributed by atoms with E-state index in [4.69, 9.17) is 15.3 Å². The van der Waals surface area contributed by atoms with Crippen LogP contribution in [0.2, 0.25) is 0 Å². The van der Waals surface area contributed by atoms with Crippen LogP contribution in [0.5, 0.6) is 0 Å². The second kappa shape index (κ2) is 4.43. The molecule has 0 aromatic heterocycles. The summed E-state index contributed by atoms with van der Waals surface area (Å²) in [6.45, 7) is 0.0374. The van der Waals surface area contributed by atoms with E-state index in [2.05, 4.69) is 5.32 Å². The summed E-state index contributed by atoms with van der Waals surface area (Å²) in [7, 11) is 0. The number of hydrogen-bond acceptors (Lipinski definition) is 3. The molecule has 1 rings (SSSR count). The van der Waals surface area contributed by atoms with Gasteiger partial charge < -0.3 is 20.6 Å². The predicted octanol–water partition coefficient (Wildman–Crippen LogP) is -0.367. The van der Waals surface area contributed by atoms with Crippen molar-refractivity contribution < 1.29 is 20.1 Å². The molecule has 5 heteroatoms. The fraction of sp³-hybridized carbons (Fsp3) is 0.875. The second-order valence-corrected chi connectivity index (χ2v) is 3.52. The Balaban J connectivity index is 2.47. The van der Waals surface area contributed by atoms with Gasteiger partial charge in [-0.15, -0.1) is 0 Å². The molecule has 0 aliphatic heterocycles. The molecule has 0 aromatic carbocycles. The van der Waals surface area contributed by atoms with Crippen molar-refractivity contribution in [2.45, 2.75) is 18.9 Å². The van der Waals surface area contributed by atoms with Gasteiger partial charge in [0, 0.05) is 25.2 Å². The van der Waals surface area contributed by atoms with E-state index in [1.54, 1.807) is 0 Å². The third-order valence-corrected chi connectivity index (χ3v) is 2.59. The molecular weight excluding hydrogens is 174 g/mol. The van der Waals surface area contributed by atoms with Gasteiger partial charge in [0.25, 0.3) is 0 Å². The van der Waals surface area contributed by atoms with E-state index < -0.39 is 6.09 Å². The topological polar surface area (TPSA) is 89.8 Å². The summed E-state index contributed by atoms with van der Waals surface area (Å²) >= 11 is 0. The van der Waals surface area contributed by atoms with Crippen molar-refractivity contribution in [2.24, 2.45) is 11.8 Å². The Morgan fingerprint density at radius 2 is 2.00 bits per heavy atom. The summed E-state index contributed by atoms with van der Waals surface area (Å²) in [4.78, 5) is 10.4. The molecule has 0 heterocycles. The summed E-state index contributed by atoms with van der Waals surface area (Å²) < 4.78 is 0. The first-order chi connectivity index (χ1) is 6.17. The predicted molar refractivity (Wildman–Crippen MR) is 45.3 cm³/mol. The number of nitrogens with one attached hydrogen (secondary N) is 1. The molecule has 1 amide bonds. The van der Waals surface area contributed by atoms with Crippen molar-refractivity contribution in [3.8, 4) is 0 Å². The fourth-order valence-electron chi connectivity index (χ4n) is 1.93. The van der Waals surface area contributed by atoms with Gasteiger partial charge in [-0.25, -0.2) is 4.79 Å². The van der Waals surface area contributed by atoms with Gasteiger partial charge in [-0.2, -0.15) is 0 Å². The lowest BCUT2D eigenvalue weighted by molar-refractivity contribution is 0.172. The summed E-state index contributed by atoms with van der Waals surface area (Å²) in [5.41, 5.74) is 0. The number of aliphatic hydroxyl groups is 2. The third-order valence-electron chi connectivity index (χ3n) is 2.59. The van der Waals surface area contributed by atoms with Crippen molar-refractivity contribution in [1.29, 1.82) is 0 Å². The highest BCUT2D eigenvalue weighted by Gasteiger charge is 2.34. The van der Waals surface area contributed by atoms with E-state index in [0.717, 1.165) is 0 Å². The standard InChI is InChI=1S/C8H15NO4/c10-3-5-1-6(4-11)7(2-5)9-8(12)13/h5-7,9-11H,1-4H2,(H,12,13)/t5-,6+,7-/m1/s1. The normalized spacial score (nSPS) is 33.2. The zero-order valence-corrected chi connectivity index (χ0v) is 7.31. The monoisotopic (exact) mass is 189 g/mol. The largest absolute Gasteiger partial charge is 0.465 e. The highest BCUT2D eigenvalue weighted by molar-refractivity contribution is 5.64. The van der Waals surface area contributed by atoms with Gasteiger partial charge in [0.15, 0.2) is 0 Å². The Morgan fingerprint density at radius 3 is 2.46 bits per heavy atom. The van der Waals surface area contributed by atoms with Gasteiger partial charge in [0.05, 0.1) is 0 Å². The van der Waals surface area contributed by atoms with Crippen molar-refractivity contribution >= 4 is 6.09 Å². The Hall–Kier alpha value is -0.810. The molecular formula is C8H15NO4. The molecule has 76 valence electrons. The maximum absolute atomic E-state index is 10.4. The van der Waals surface area contributed by atoms with Crippen LogP contribution < -0.4 is 5.32 Å². The zero-order chi connectivity index (χ0) is 9.84. The van der Waals surface area contributed by atoms with Crippen molar-refractivity contribution in [3.05, 3.63) is 0 Å². The second-order valence-electron chi connectivity index (χ2n) is 3.52. The number of hydrogen-bond donors (Lipinski definition) is 4. The molecule has 1 fully saturated rings. The molecule has 1 saturated carbocycles. The van der Waals surface area contributed by atoms with Crippen LogP contribution in [0.15, 0.2) is 0 Å². The van der Waals surface area contributed by atoms with E-state index in [9.17, 15) is 4.79 Å². The zero-order valence-electron chi connectivity index (χ0n) is 7.31. The van der Waals surface area contributed by atoms with Crippen LogP contribution in [0.25, 0.3) is 0 Å². The Morgan fingerprint density at radius 1 is 1.31 bits per heavy atom. The van der Waals surface area contributed by atoms with Crippen LogP contribution in [0.3, 0.4) is 0 Å². The molecule has 13 heavy (non-hydrogen) atoms. The minimum atomic E-state index is -1.07. The summed E-state index contributed by atoms with van der Waals surface area (Å²) in [5, 5.41) is 28.7. The van der Waals surface area contributed by atoms with Crippen LogP contribution in [0, 0.1) is 11.8 Å². The maximum Gasteiger partial charge on any atom is 0.404 e. The molecule has 0 radical (unpaired) electrons. The minimum absolute atomic E-state index is 0.0263. The lowest BCUT2D eigenvalue weighted by atomic mass is 10.1. The molecule has 0 bridgehead atoms. The quantitative estimate of drug-likeness (QED) is 0.487. The minimum Gasteiger partial charge on any atom is -0.465 e. The summed E-state index contributed by atoms with van der Waals surface area (Å²) in [6, 6.07) is -0.209. The SMILES string of the molecule is O=C(O)N[C@@H]1C[C@H](CO)C[C@H]1CO. The van der Waals surface area contributed by atoms with Gasteiger partial charge in [-0.05, 0) is 18.8 Å². The third kappa shape index (κ3) is 2.57. The molecule has 1 aliphatic carbocycles. The van der Waals surface area contributed by atoms with E-state index in [1.165, 1.54) is 0 Å². The summed E-state index contributed by atoms with van der Waals surface area (Å²) in [5.74, 6) is 0.0715. The number of aliphatic hydroxyl groups excluding tert-OH is 2. The number of amides is 1. The average molecular weight is 189 g/mol. The highest BCUT2D eigenvalue weighted by atomic mass is 16.4. The lowest BCUT2D eigenvalue weighted by Gasteiger charge is -2.16. The van der Waals surface area contributed by atoms with Crippen LogP contribution in [0.4, 0.5) is 4.79 Å². The van der Waals surface area contributed by atoms with Gasteiger partial charge in [0.2, 0.25) is 0 Å². The van der Waals surface area contributed by atoms with Crippen molar-refractivity contribution in [2.75, 3.05) is 13.2 Å². The van der Waals surface area contributed by atoms with Gasteiger partial charge in [-0.3, -0.25) is 0 Å². The van der Waals surface area contributed by atoms with Gasteiger partial charge >= 0.3 is 6.09 Å². The maximum atomic E-state index is 10.4. The Bertz CT molecular complexity index is 185. The Labute approximate surface area is 76.4 Å². The Kier molecular flexibility index (Phi) is 3.50. The lowest BCUT2D eigenvalue weighted by Crippen LogP contribution is -2.37. The van der Waals surface area contributed by atoms with Crippen LogP contribution in [-0.2, 0) is 0 Å². The molecule has 0 spiro atoms. The number of carbonyl (C=O) groups is 1. The molecule has 3 atom stereocenters. The molecule has 0 aromatic rings. The van der Waals surface area contributed by atoms with E-state index in [-0.39, 0.29) is 31.1 Å². The number of rotatable bonds is 3. The molecule has 4 N–H and O–H groups in total. The first-order valence-electron chi connectivity index (χ1n) is 4.38. The van der Waals surface area contributed by atoms with Gasteiger partial charge in [0.1, 0.15) is 0 Å². The van der Waals surface area contributed by atoms with Crippen molar-refractivity contribution in [3.63, 3.8) is 0 Å². The first-order valence-corrected chi connectivity index (χ1v) is 4.38. The smallest absolute Gasteiger partial charge is 0.404 e. The van der Waals surface area contributed by atoms with Crippen LogP contribution in [-0.4, -0.2) is 40.7 Å². The number of carboxylic acid groups (broad SMARTS) is 1. The fourth-order valence-corrected chi connectivity index (χ4v) is 1.93. The average Bonchev–Trinajstić information content (AvgIpc) is 2.46. The van der Waals surface area contributed by atoms with E-state index in [0.29, 0.717) is 12.8 Å². The van der Waals surface area contributed by atoms with E-state index in [1.807, 2.05) is 0 Å². The van der Waals surface area contributed by atoms with Crippen LogP contribution in [0.1, 0.15) is 12.8 Å². The van der Waals surface area contributed by atoms with Crippen LogP contribution >= 0.6 is 0 Å². The highest BCUT2D eigenvalue weighted by Crippen LogP contribution is 2.30. The molecule has 0 unspecified atom stereocenters. The first kappa shape index (κ1) is 10.3. The molecule has 5 nitrogen and oxygen atoms in total. The van der Waals surface area contributed by atoms with E-state index >= 15 is 0 Å². The molecule has 0 saturated heterocycles. The van der Waals surface area contributed by atoms with Crippen molar-refractivity contribution in [1.82, 2.24) is 5.32 Å². The summed E-state index contributed by atoms with van der Waals surface area (Å²) in [6.07, 6.45) is 0.244. The van der Waals surface area contributed by atoms with Gasteiger partial charge in [-0.1, -0.05) is 0 Å². The molecule has 1 aliphatic rings.